The lowest BCUT2D eigenvalue weighted by molar-refractivity contribution is 0.0709. The minimum absolute atomic E-state index is 0.351. The fraction of sp³-hybridized carbons (Fsp3) is 0.600. The Kier molecular flexibility index (Phi) is 4.11. The zero-order valence-electron chi connectivity index (χ0n) is 10.6. The van der Waals surface area contributed by atoms with Crippen LogP contribution < -0.4 is 0 Å². The maximum atomic E-state index is 10.5. The molecule has 17 heavy (non-hydrogen) atoms. The molecule has 1 aromatic carbocycles. The number of hydrogen-bond acceptors (Lipinski definition) is 1. The summed E-state index contributed by atoms with van der Waals surface area (Å²) in [6, 6.07) is 5.82. The molecular weight excluding hydrogens is 232 g/mol. The smallest absolute Gasteiger partial charge is 0.0821 e. The Morgan fingerprint density at radius 3 is 2.82 bits per heavy atom. The third kappa shape index (κ3) is 2.83. The van der Waals surface area contributed by atoms with Crippen LogP contribution in [-0.2, 0) is 0 Å². The highest BCUT2D eigenvalue weighted by Gasteiger charge is 2.27. The normalized spacial score (nSPS) is 26.8. The monoisotopic (exact) mass is 252 g/mol. The summed E-state index contributed by atoms with van der Waals surface area (Å²) in [6.45, 7) is 4.27. The molecule has 0 heterocycles. The van der Waals surface area contributed by atoms with Crippen LogP contribution >= 0.6 is 11.6 Å². The van der Waals surface area contributed by atoms with E-state index >= 15 is 0 Å². The van der Waals surface area contributed by atoms with E-state index in [0.717, 1.165) is 34.9 Å². The SMILES string of the molecule is Cc1c(Cl)cccc1C(O)C1CCCC(C)C1. The van der Waals surface area contributed by atoms with Gasteiger partial charge >= 0.3 is 0 Å². The van der Waals surface area contributed by atoms with Crippen molar-refractivity contribution >= 4 is 11.6 Å². The van der Waals surface area contributed by atoms with Gasteiger partial charge in [0.1, 0.15) is 0 Å². The Morgan fingerprint density at radius 2 is 2.12 bits per heavy atom. The average Bonchev–Trinajstić information content (AvgIpc) is 2.32. The molecule has 94 valence electrons. The standard InChI is InChI=1S/C15H21ClO/c1-10-5-3-6-12(9-10)15(17)13-7-4-8-14(16)11(13)2/h4,7-8,10,12,15,17H,3,5-6,9H2,1-2H3. The summed E-state index contributed by atoms with van der Waals surface area (Å²) in [5.74, 6) is 1.14. The highest BCUT2D eigenvalue weighted by Crippen LogP contribution is 2.38. The largest absolute Gasteiger partial charge is 0.388 e. The molecular formula is C15H21ClO. The van der Waals surface area contributed by atoms with E-state index in [0.29, 0.717) is 5.92 Å². The Labute approximate surface area is 109 Å². The fourth-order valence-corrected chi connectivity index (χ4v) is 3.15. The fourth-order valence-electron chi connectivity index (χ4n) is 2.97. The van der Waals surface area contributed by atoms with Gasteiger partial charge in [-0.15, -0.1) is 0 Å². The second-order valence-electron chi connectivity index (χ2n) is 5.43. The zero-order chi connectivity index (χ0) is 12.4. The summed E-state index contributed by atoms with van der Waals surface area (Å²) in [4.78, 5) is 0. The maximum Gasteiger partial charge on any atom is 0.0821 e. The first kappa shape index (κ1) is 12.9. The Hall–Kier alpha value is -0.530. The topological polar surface area (TPSA) is 20.2 Å². The lowest BCUT2D eigenvalue weighted by atomic mass is 9.77. The van der Waals surface area contributed by atoms with E-state index in [4.69, 9.17) is 11.6 Å². The molecule has 0 amide bonds. The van der Waals surface area contributed by atoms with E-state index in [1.165, 1.54) is 12.8 Å². The molecule has 2 rings (SSSR count). The molecule has 0 aliphatic heterocycles. The van der Waals surface area contributed by atoms with Crippen LogP contribution in [0.5, 0.6) is 0 Å². The van der Waals surface area contributed by atoms with Crippen molar-refractivity contribution in [3.8, 4) is 0 Å². The van der Waals surface area contributed by atoms with Crippen LogP contribution in [-0.4, -0.2) is 5.11 Å². The first-order valence-corrected chi connectivity index (χ1v) is 6.90. The van der Waals surface area contributed by atoms with Gasteiger partial charge in [-0.25, -0.2) is 0 Å². The maximum absolute atomic E-state index is 10.5. The molecule has 0 radical (unpaired) electrons. The van der Waals surface area contributed by atoms with E-state index in [1.54, 1.807) is 0 Å². The van der Waals surface area contributed by atoms with Gasteiger partial charge in [0.2, 0.25) is 0 Å². The molecule has 1 nitrogen and oxygen atoms in total. The Bertz CT molecular complexity index is 389. The first-order chi connectivity index (χ1) is 8.09. The van der Waals surface area contributed by atoms with E-state index < -0.39 is 0 Å². The van der Waals surface area contributed by atoms with E-state index in [2.05, 4.69) is 6.92 Å². The van der Waals surface area contributed by atoms with E-state index in [9.17, 15) is 5.11 Å². The minimum Gasteiger partial charge on any atom is -0.388 e. The first-order valence-electron chi connectivity index (χ1n) is 6.52. The highest BCUT2D eigenvalue weighted by atomic mass is 35.5. The average molecular weight is 253 g/mol. The summed E-state index contributed by atoms with van der Waals surface area (Å²) >= 11 is 6.11. The number of rotatable bonds is 2. The summed E-state index contributed by atoms with van der Waals surface area (Å²) in [5, 5.41) is 11.3. The third-order valence-corrected chi connectivity index (χ3v) is 4.46. The molecule has 3 atom stereocenters. The third-order valence-electron chi connectivity index (χ3n) is 4.05. The predicted molar refractivity (Wildman–Crippen MR) is 72.3 cm³/mol. The van der Waals surface area contributed by atoms with Gasteiger partial charge in [0, 0.05) is 5.02 Å². The van der Waals surface area contributed by atoms with Crippen molar-refractivity contribution in [2.75, 3.05) is 0 Å². The van der Waals surface area contributed by atoms with Crippen molar-refractivity contribution < 1.29 is 5.11 Å². The summed E-state index contributed by atoms with van der Waals surface area (Å²) in [6.07, 6.45) is 4.46. The Morgan fingerprint density at radius 1 is 1.35 bits per heavy atom. The van der Waals surface area contributed by atoms with Crippen LogP contribution in [0.4, 0.5) is 0 Å². The zero-order valence-corrected chi connectivity index (χ0v) is 11.4. The molecule has 1 aromatic rings. The molecule has 2 heteroatoms. The molecule has 0 spiro atoms. The molecule has 1 aliphatic rings. The van der Waals surface area contributed by atoms with Crippen LogP contribution in [0.2, 0.25) is 5.02 Å². The number of aliphatic hydroxyl groups excluding tert-OH is 1. The summed E-state index contributed by atoms with van der Waals surface area (Å²) in [7, 11) is 0. The molecule has 3 unspecified atom stereocenters. The van der Waals surface area contributed by atoms with Crippen molar-refractivity contribution in [3.05, 3.63) is 34.3 Å². The molecule has 1 aliphatic carbocycles. The predicted octanol–water partition coefficient (Wildman–Crippen LogP) is 4.51. The highest BCUT2D eigenvalue weighted by molar-refractivity contribution is 6.31. The van der Waals surface area contributed by atoms with Crippen LogP contribution in [0.3, 0.4) is 0 Å². The van der Waals surface area contributed by atoms with Crippen LogP contribution in [0.25, 0.3) is 0 Å². The molecule has 1 N–H and O–H groups in total. The van der Waals surface area contributed by atoms with Crippen molar-refractivity contribution in [2.24, 2.45) is 11.8 Å². The van der Waals surface area contributed by atoms with Gasteiger partial charge < -0.3 is 5.11 Å². The second kappa shape index (κ2) is 5.41. The van der Waals surface area contributed by atoms with Gasteiger partial charge in [-0.1, -0.05) is 43.5 Å². The van der Waals surface area contributed by atoms with Crippen LogP contribution in [0.1, 0.15) is 49.8 Å². The number of benzene rings is 1. The van der Waals surface area contributed by atoms with Crippen LogP contribution in [0.15, 0.2) is 18.2 Å². The quantitative estimate of drug-likeness (QED) is 0.821. The molecule has 1 saturated carbocycles. The molecule has 0 aromatic heterocycles. The number of aliphatic hydroxyl groups is 1. The van der Waals surface area contributed by atoms with Gasteiger partial charge in [-0.05, 0) is 48.8 Å². The van der Waals surface area contributed by atoms with E-state index in [1.807, 2.05) is 25.1 Å². The second-order valence-corrected chi connectivity index (χ2v) is 5.84. The van der Waals surface area contributed by atoms with E-state index in [-0.39, 0.29) is 6.10 Å². The summed E-state index contributed by atoms with van der Waals surface area (Å²) in [5.41, 5.74) is 2.04. The summed E-state index contributed by atoms with van der Waals surface area (Å²) < 4.78 is 0. The lowest BCUT2D eigenvalue weighted by Gasteiger charge is -2.31. The van der Waals surface area contributed by atoms with Gasteiger partial charge in [0.05, 0.1) is 6.10 Å². The van der Waals surface area contributed by atoms with Gasteiger partial charge in [-0.2, -0.15) is 0 Å². The number of hydrogen-bond donors (Lipinski definition) is 1. The molecule has 0 saturated heterocycles. The van der Waals surface area contributed by atoms with Crippen molar-refractivity contribution in [1.82, 2.24) is 0 Å². The van der Waals surface area contributed by atoms with Crippen molar-refractivity contribution in [1.29, 1.82) is 0 Å². The number of halogens is 1. The lowest BCUT2D eigenvalue weighted by Crippen LogP contribution is -2.20. The molecule has 0 bridgehead atoms. The van der Waals surface area contributed by atoms with Crippen molar-refractivity contribution in [2.45, 2.75) is 45.6 Å². The van der Waals surface area contributed by atoms with Gasteiger partial charge in [-0.3, -0.25) is 0 Å². The van der Waals surface area contributed by atoms with Gasteiger partial charge in [0.15, 0.2) is 0 Å². The van der Waals surface area contributed by atoms with Crippen molar-refractivity contribution in [3.63, 3.8) is 0 Å². The minimum atomic E-state index is -0.351. The van der Waals surface area contributed by atoms with Gasteiger partial charge in [0.25, 0.3) is 0 Å². The Balaban J connectivity index is 2.18. The van der Waals surface area contributed by atoms with Crippen LogP contribution in [0, 0.1) is 18.8 Å². The molecule has 1 fully saturated rings.